The summed E-state index contributed by atoms with van der Waals surface area (Å²) in [4.78, 5) is 12.2. The number of hydrogen-bond acceptors (Lipinski definition) is 6. The maximum Gasteiger partial charge on any atom is 0.234 e. The predicted molar refractivity (Wildman–Crippen MR) is 120 cm³/mol. The third-order valence-corrected chi connectivity index (χ3v) is 5.56. The van der Waals surface area contributed by atoms with E-state index in [0.29, 0.717) is 16.9 Å². The van der Waals surface area contributed by atoms with E-state index >= 15 is 0 Å². The highest BCUT2D eigenvalue weighted by Gasteiger charge is 2.13. The van der Waals surface area contributed by atoms with E-state index in [9.17, 15) is 4.79 Å². The minimum atomic E-state index is -0.131. The molecule has 0 atom stereocenters. The van der Waals surface area contributed by atoms with Gasteiger partial charge in [0.05, 0.1) is 5.75 Å². The third kappa shape index (κ3) is 5.54. The van der Waals surface area contributed by atoms with E-state index in [4.69, 9.17) is 10.6 Å². The summed E-state index contributed by atoms with van der Waals surface area (Å²) in [7, 11) is 0. The van der Waals surface area contributed by atoms with Gasteiger partial charge in [0, 0.05) is 5.69 Å². The van der Waals surface area contributed by atoms with Gasteiger partial charge in [0.25, 0.3) is 0 Å². The Morgan fingerprint density at radius 2 is 1.90 bits per heavy atom. The lowest BCUT2D eigenvalue weighted by Crippen LogP contribution is -2.18. The molecule has 0 unspecified atom stereocenters. The van der Waals surface area contributed by atoms with Gasteiger partial charge in [-0.2, -0.15) is 0 Å². The molecule has 1 heterocycles. The van der Waals surface area contributed by atoms with Crippen molar-refractivity contribution in [3.8, 4) is 5.75 Å². The molecule has 0 fully saturated rings. The number of rotatable bonds is 8. The zero-order valence-corrected chi connectivity index (χ0v) is 18.5. The van der Waals surface area contributed by atoms with E-state index in [-0.39, 0.29) is 18.3 Å². The number of carbonyl (C=O) groups is 1. The number of aromatic nitrogens is 3. The second kappa shape index (κ2) is 9.67. The molecule has 3 rings (SSSR count). The van der Waals surface area contributed by atoms with Crippen LogP contribution in [-0.4, -0.2) is 26.5 Å². The van der Waals surface area contributed by atoms with Crippen molar-refractivity contribution in [1.82, 2.24) is 14.9 Å². The number of nitrogens with two attached hydrogens (primary N) is 1. The SMILES string of the molecule is Cc1ccc(OCc2nnc(SCC(=O)Nc3ccc(C(C)C)cc3)n2N)c(C)c1. The molecule has 0 radical (unpaired) electrons. The molecule has 3 N–H and O–H groups in total. The molecule has 158 valence electrons. The summed E-state index contributed by atoms with van der Waals surface area (Å²) in [6.07, 6.45) is 0. The molecule has 2 aromatic carbocycles. The van der Waals surface area contributed by atoms with Crippen molar-refractivity contribution in [2.75, 3.05) is 16.9 Å². The number of aryl methyl sites for hydroxylation is 2. The van der Waals surface area contributed by atoms with Crippen LogP contribution in [0.25, 0.3) is 0 Å². The van der Waals surface area contributed by atoms with E-state index in [1.165, 1.54) is 27.6 Å². The first-order valence-corrected chi connectivity index (χ1v) is 10.7. The van der Waals surface area contributed by atoms with Gasteiger partial charge >= 0.3 is 0 Å². The first kappa shape index (κ1) is 21.7. The van der Waals surface area contributed by atoms with Crippen molar-refractivity contribution in [2.24, 2.45) is 0 Å². The van der Waals surface area contributed by atoms with E-state index < -0.39 is 0 Å². The summed E-state index contributed by atoms with van der Waals surface area (Å²) < 4.78 is 7.17. The lowest BCUT2D eigenvalue weighted by molar-refractivity contribution is -0.113. The number of nitrogen functional groups attached to an aromatic ring is 1. The van der Waals surface area contributed by atoms with Crippen molar-refractivity contribution in [3.63, 3.8) is 0 Å². The van der Waals surface area contributed by atoms with Crippen LogP contribution in [-0.2, 0) is 11.4 Å². The molecule has 30 heavy (non-hydrogen) atoms. The minimum Gasteiger partial charge on any atom is -0.485 e. The summed E-state index contributed by atoms with van der Waals surface area (Å²) in [5, 5.41) is 11.5. The Kier molecular flexibility index (Phi) is 6.99. The van der Waals surface area contributed by atoms with E-state index in [0.717, 1.165) is 17.0 Å². The van der Waals surface area contributed by atoms with Crippen LogP contribution < -0.4 is 15.9 Å². The van der Waals surface area contributed by atoms with Gasteiger partial charge in [0.15, 0.2) is 5.82 Å². The van der Waals surface area contributed by atoms with Crippen LogP contribution in [0.1, 0.15) is 42.3 Å². The highest BCUT2D eigenvalue weighted by molar-refractivity contribution is 7.99. The Morgan fingerprint density at radius 3 is 2.57 bits per heavy atom. The summed E-state index contributed by atoms with van der Waals surface area (Å²) >= 11 is 1.23. The summed E-state index contributed by atoms with van der Waals surface area (Å²) in [5.41, 5.74) is 4.22. The molecule has 0 bridgehead atoms. The summed E-state index contributed by atoms with van der Waals surface area (Å²) in [6, 6.07) is 13.8. The topological polar surface area (TPSA) is 95.1 Å². The monoisotopic (exact) mass is 425 g/mol. The van der Waals surface area contributed by atoms with Gasteiger partial charge in [0.2, 0.25) is 11.1 Å². The molecule has 0 saturated carbocycles. The molecule has 8 heteroatoms. The molecular weight excluding hydrogens is 398 g/mol. The molecule has 0 saturated heterocycles. The Hall–Kier alpha value is -3.00. The van der Waals surface area contributed by atoms with Gasteiger partial charge in [-0.25, -0.2) is 4.68 Å². The number of nitrogens with zero attached hydrogens (tertiary/aromatic N) is 3. The fraction of sp³-hybridized carbons (Fsp3) is 0.318. The molecule has 0 aliphatic carbocycles. The minimum absolute atomic E-state index is 0.131. The predicted octanol–water partition coefficient (Wildman–Crippen LogP) is 4.04. The molecular formula is C22H27N5O2S. The fourth-order valence-corrected chi connectivity index (χ4v) is 3.56. The van der Waals surface area contributed by atoms with E-state index in [2.05, 4.69) is 35.4 Å². The van der Waals surface area contributed by atoms with Gasteiger partial charge in [0.1, 0.15) is 12.4 Å². The van der Waals surface area contributed by atoms with Crippen LogP contribution in [0.2, 0.25) is 0 Å². The quantitative estimate of drug-likeness (QED) is 0.418. The highest BCUT2D eigenvalue weighted by Crippen LogP contribution is 2.21. The molecule has 3 aromatic rings. The van der Waals surface area contributed by atoms with Crippen molar-refractivity contribution in [1.29, 1.82) is 0 Å². The number of carbonyl (C=O) groups excluding carboxylic acids is 1. The average molecular weight is 426 g/mol. The Balaban J connectivity index is 1.52. The zero-order chi connectivity index (χ0) is 21.7. The van der Waals surface area contributed by atoms with E-state index in [1.54, 1.807) is 0 Å². The molecule has 0 aliphatic rings. The second-order valence-electron chi connectivity index (χ2n) is 7.44. The Morgan fingerprint density at radius 1 is 1.17 bits per heavy atom. The second-order valence-corrected chi connectivity index (χ2v) is 8.38. The van der Waals surface area contributed by atoms with Crippen molar-refractivity contribution in [3.05, 3.63) is 65.0 Å². The molecule has 1 aromatic heterocycles. The molecule has 1 amide bonds. The number of anilines is 1. The number of hydrogen-bond donors (Lipinski definition) is 2. The number of amides is 1. The first-order valence-electron chi connectivity index (χ1n) is 9.75. The molecule has 0 aliphatic heterocycles. The molecule has 0 spiro atoms. The van der Waals surface area contributed by atoms with Crippen LogP contribution in [0.4, 0.5) is 5.69 Å². The number of benzene rings is 2. The highest BCUT2D eigenvalue weighted by atomic mass is 32.2. The normalized spacial score (nSPS) is 11.0. The average Bonchev–Trinajstić information content (AvgIpc) is 3.06. The van der Waals surface area contributed by atoms with Gasteiger partial charge in [-0.3, -0.25) is 4.79 Å². The van der Waals surface area contributed by atoms with Crippen LogP contribution in [0.3, 0.4) is 0 Å². The van der Waals surface area contributed by atoms with Gasteiger partial charge < -0.3 is 15.9 Å². The first-order chi connectivity index (χ1) is 14.3. The molecule has 7 nitrogen and oxygen atoms in total. The van der Waals surface area contributed by atoms with Crippen LogP contribution >= 0.6 is 11.8 Å². The zero-order valence-electron chi connectivity index (χ0n) is 17.7. The van der Waals surface area contributed by atoms with Crippen LogP contribution in [0.5, 0.6) is 5.75 Å². The van der Waals surface area contributed by atoms with Crippen LogP contribution in [0, 0.1) is 13.8 Å². The van der Waals surface area contributed by atoms with E-state index in [1.807, 2.05) is 50.2 Å². The Labute approximate surface area is 181 Å². The number of thioether (sulfide) groups is 1. The smallest absolute Gasteiger partial charge is 0.234 e. The Bertz CT molecular complexity index is 1010. The standard InChI is InChI=1S/C22H27N5O2S/c1-14(2)17-6-8-18(9-7-17)24-21(28)13-30-22-26-25-20(27(22)23)12-29-19-10-5-15(3)11-16(19)4/h5-11,14H,12-13,23H2,1-4H3,(H,24,28). The largest absolute Gasteiger partial charge is 0.485 e. The van der Waals surface area contributed by atoms with Crippen molar-refractivity contribution in [2.45, 2.75) is 45.4 Å². The number of nitrogens with one attached hydrogen (secondary N) is 1. The van der Waals surface area contributed by atoms with Crippen LogP contribution in [0.15, 0.2) is 47.6 Å². The summed E-state index contributed by atoms with van der Waals surface area (Å²) in [6.45, 7) is 8.49. The number of ether oxygens (including phenoxy) is 1. The van der Waals surface area contributed by atoms with Gasteiger partial charge in [-0.15, -0.1) is 10.2 Å². The maximum absolute atomic E-state index is 12.2. The lowest BCUT2D eigenvalue weighted by atomic mass is 10.0. The van der Waals surface area contributed by atoms with Gasteiger partial charge in [-0.05, 0) is 49.1 Å². The maximum atomic E-state index is 12.2. The van der Waals surface area contributed by atoms with Crippen molar-refractivity contribution >= 4 is 23.4 Å². The summed E-state index contributed by atoms with van der Waals surface area (Å²) in [5.74, 6) is 7.84. The third-order valence-electron chi connectivity index (χ3n) is 4.62. The van der Waals surface area contributed by atoms with Crippen molar-refractivity contribution < 1.29 is 9.53 Å². The van der Waals surface area contributed by atoms with Gasteiger partial charge in [-0.1, -0.05) is 55.4 Å². The fourth-order valence-electron chi connectivity index (χ4n) is 2.89. The lowest BCUT2D eigenvalue weighted by Gasteiger charge is -2.10.